The van der Waals surface area contributed by atoms with E-state index in [0.717, 1.165) is 18.6 Å². The number of rotatable bonds is 31. The quantitative estimate of drug-likeness (QED) is 0.0287. The highest BCUT2D eigenvalue weighted by Crippen LogP contribution is 2.40. The van der Waals surface area contributed by atoms with E-state index in [9.17, 15) is 166 Å². The van der Waals surface area contributed by atoms with Gasteiger partial charge in [0.2, 0.25) is 5.91 Å². The molecule has 6 aliphatic heterocycles. The van der Waals surface area contributed by atoms with Crippen molar-refractivity contribution in [1.82, 2.24) is 14.8 Å². The van der Waals surface area contributed by atoms with Gasteiger partial charge in [-0.05, 0) is 0 Å². The maximum Gasteiger partial charge on any atom is 0.397 e. The van der Waals surface area contributed by atoms with E-state index in [0.29, 0.717) is 0 Å². The summed E-state index contributed by atoms with van der Waals surface area (Å²) in [6.07, 6.45) is -72.9. The summed E-state index contributed by atoms with van der Waals surface area (Å²) in [6, 6.07) is -8.14. The fourth-order valence-corrected chi connectivity index (χ4v) is 13.7. The highest BCUT2D eigenvalue weighted by Gasteiger charge is 2.62. The van der Waals surface area contributed by atoms with Crippen molar-refractivity contribution in [2.75, 3.05) is 19.8 Å². The molecule has 30 atom stereocenters. The summed E-state index contributed by atoms with van der Waals surface area (Å²) in [6.45, 7) is -3.38. The number of amides is 1. The Morgan fingerprint density at radius 3 is 1.13 bits per heavy atom. The molecule has 6 saturated heterocycles. The zero-order valence-corrected chi connectivity index (χ0v) is 55.4. The molecule has 6 aliphatic rings. The molecule has 6 rings (SSSR count). The van der Waals surface area contributed by atoms with Crippen LogP contribution in [0.1, 0.15) is 13.8 Å². The molecule has 0 aromatic carbocycles. The van der Waals surface area contributed by atoms with Gasteiger partial charge in [0.1, 0.15) is 110 Å². The van der Waals surface area contributed by atoms with Gasteiger partial charge in [-0.3, -0.25) is 36.7 Å². The van der Waals surface area contributed by atoms with Crippen molar-refractivity contribution >= 4 is 96.4 Å². The van der Waals surface area contributed by atoms with Crippen molar-refractivity contribution in [3.63, 3.8) is 0 Å². The number of carboxylic acid groups (broad SMARTS) is 3. The highest BCUT2D eigenvalue weighted by atomic mass is 32.3. The summed E-state index contributed by atoms with van der Waals surface area (Å²) in [7, 11) is -41.4. The number of carbonyl (C=O) groups is 4. The molecule has 6 heterocycles. The highest BCUT2D eigenvalue weighted by molar-refractivity contribution is 7.84. The van der Waals surface area contributed by atoms with E-state index >= 15 is 0 Å². The second-order valence-corrected chi connectivity index (χ2v) is 29.6. The number of carboxylic acids is 3. The SMILES string of the molecule is CC(=O)N[C@H]1[C@@H](O[C@H]2[C@H](O)[C@@H](O)C(O[C@H]3[C@H](OS(=O)(=O)O)[C@@H](NS(=O)(=O)O)[C@@H](O[C@H]4[C@H](O)[C@@H](OS(=O)(=O)O)[C@H](O[C@H]5[C@H](O)[C@@H](NS(=O)(=O)O)C(O)O[C@@H]5COS(=O)(=O)O)O[C@H]4C(=O)O)O[C@@H]3COS(=O)(=O)O)O[C@@H]2C(=O)O)O[C@H](COS(=O)(=O)O)[C@@H](OC2OC(C(=O)O)[C@@H](C)[C@H](O)[C@H]2O)[C@@H]1O. The Morgan fingerprint density at radius 2 is 0.703 bits per heavy atom. The first-order valence-electron chi connectivity index (χ1n) is 27.2. The predicted molar refractivity (Wildman–Crippen MR) is 293 cm³/mol. The maximum atomic E-state index is 13.1. The van der Waals surface area contributed by atoms with Crippen LogP contribution in [-0.4, -0.2) is 369 Å². The molecule has 21 N–H and O–H groups in total. The topological polar surface area (TPSA) is 855 Å². The summed E-state index contributed by atoms with van der Waals surface area (Å²) < 4.78 is 321. The number of carbonyl (C=O) groups excluding carboxylic acids is 1. The second kappa shape index (κ2) is 33.1. The van der Waals surface area contributed by atoms with Gasteiger partial charge in [-0.25, -0.2) is 35.3 Å². The van der Waals surface area contributed by atoms with Crippen LogP contribution in [0.25, 0.3) is 0 Å². The first kappa shape index (κ1) is 86.1. The number of ether oxygens (including phenoxy) is 11. The van der Waals surface area contributed by atoms with Gasteiger partial charge in [-0.2, -0.15) is 68.4 Å². The minimum absolute atomic E-state index is 0.734. The average Bonchev–Trinajstić information content (AvgIpc) is 0.770. The van der Waals surface area contributed by atoms with Crippen molar-refractivity contribution in [3.8, 4) is 0 Å². The van der Waals surface area contributed by atoms with Gasteiger partial charge in [0, 0.05) is 12.8 Å². The lowest BCUT2D eigenvalue weighted by Crippen LogP contribution is -2.71. The van der Waals surface area contributed by atoms with Crippen molar-refractivity contribution in [1.29, 1.82) is 0 Å². The fourth-order valence-electron chi connectivity index (χ4n) is 10.6. The summed E-state index contributed by atoms with van der Waals surface area (Å²) >= 11 is 0. The van der Waals surface area contributed by atoms with Crippen LogP contribution in [0.15, 0.2) is 0 Å². The second-order valence-electron chi connectivity index (χ2n) is 21.8. The maximum absolute atomic E-state index is 13.1. The Labute approximate surface area is 565 Å². The van der Waals surface area contributed by atoms with Gasteiger partial charge in [-0.15, -0.1) is 0 Å². The molecule has 0 aromatic rings. The van der Waals surface area contributed by atoms with Gasteiger partial charge in [-0.1, -0.05) is 6.92 Å². The lowest BCUT2D eigenvalue weighted by Gasteiger charge is -2.50. The van der Waals surface area contributed by atoms with Crippen LogP contribution in [0.5, 0.6) is 0 Å². The number of hydrogen-bond acceptors (Lipinski definition) is 42. The zero-order valence-electron chi connectivity index (χ0n) is 49.7. The normalized spacial score (nSPS) is 40.3. The number of nitrogens with one attached hydrogen (secondary N) is 3. The molecule has 1 amide bonds. The van der Waals surface area contributed by atoms with Crippen LogP contribution in [-0.2, 0) is 165 Å². The predicted octanol–water partition coefficient (Wildman–Crippen LogP) is -14.5. The minimum Gasteiger partial charge on any atom is -0.479 e. The van der Waals surface area contributed by atoms with E-state index in [4.69, 9.17) is 52.1 Å². The standard InChI is InChI=1S/C39H63N3O52S7/c1-6-14(44)18(48)37(85-21(6)31(51)52)86-23-9(4-80-98(67,68)69)83-35(12(16(23)46)40-7(2)43)89-26-17(47)19(49)38(91-29(26)32(53)54)88-24-10(5-81-99(70,71)72)84-36(13(42-96(61,62)63)25(24)93-100(73,74)75)90-27-20(50)28(94-101(76,77)78)39(92-30(27)33(55)56)87-22-8(3-79-97(64,65)66)82-34(57)11(15(22)45)41-95(58,59)60/h6,8-30,34-39,41-42,44-50,57H,3-5H2,1-2H3,(H,40,43)(H,51,52)(H,53,54)(H,55,56)(H,58,59,60)(H,61,62,63)(H,64,65,66)(H,67,68,69)(H,70,71,72)(H,73,74,75)(H,76,77,78)/t6-,8+,9+,10+,11+,12+,13+,14-,15+,16+,17+,18+,19+,20-,21?,22+,23+,24+,25+,26-,27-,28+,29-,30+,34?,35+,36+,37?,38?,39+/m0/s1. The summed E-state index contributed by atoms with van der Waals surface area (Å²) in [5.74, 6) is -9.25. The van der Waals surface area contributed by atoms with Gasteiger partial charge < -0.3 is 114 Å². The van der Waals surface area contributed by atoms with E-state index in [1.165, 1.54) is 4.72 Å². The van der Waals surface area contributed by atoms with Gasteiger partial charge >= 0.3 is 90.5 Å². The Balaban J connectivity index is 1.39. The molecule has 62 heteroatoms. The first-order valence-corrected chi connectivity index (χ1v) is 36.9. The Morgan fingerprint density at radius 1 is 0.356 bits per heavy atom. The monoisotopic (exact) mass is 1630 g/mol. The molecular weight excluding hydrogens is 1570 g/mol. The molecule has 0 bridgehead atoms. The largest absolute Gasteiger partial charge is 0.479 e. The molecule has 55 nitrogen and oxygen atoms in total. The molecule has 0 aliphatic carbocycles. The van der Waals surface area contributed by atoms with Crippen LogP contribution >= 0.6 is 0 Å². The smallest absolute Gasteiger partial charge is 0.397 e. The molecule has 588 valence electrons. The van der Waals surface area contributed by atoms with Crippen LogP contribution < -0.4 is 14.8 Å². The van der Waals surface area contributed by atoms with Crippen molar-refractivity contribution in [2.24, 2.45) is 5.92 Å². The van der Waals surface area contributed by atoms with E-state index in [1.54, 1.807) is 0 Å². The van der Waals surface area contributed by atoms with Gasteiger partial charge in [0.25, 0.3) is 0 Å². The first-order chi connectivity index (χ1) is 45.9. The van der Waals surface area contributed by atoms with Crippen molar-refractivity contribution in [2.45, 2.75) is 192 Å². The summed E-state index contributed by atoms with van der Waals surface area (Å²) in [5.41, 5.74) is 0. The lowest BCUT2D eigenvalue weighted by molar-refractivity contribution is -0.376. The number of aliphatic hydroxyl groups is 8. The Hall–Kier alpha value is -3.79. The van der Waals surface area contributed by atoms with Crippen LogP contribution in [0.4, 0.5) is 0 Å². The van der Waals surface area contributed by atoms with Crippen LogP contribution in [0.2, 0.25) is 0 Å². The van der Waals surface area contributed by atoms with Gasteiger partial charge in [0.05, 0.1) is 25.9 Å². The number of hydrogen-bond donors (Lipinski definition) is 21. The molecule has 101 heavy (non-hydrogen) atoms. The molecular formula is C39H63N3O52S7. The molecule has 0 spiro atoms. The molecule has 0 aromatic heterocycles. The Bertz CT molecular complexity index is 3760. The molecule has 0 radical (unpaired) electrons. The van der Waals surface area contributed by atoms with Crippen molar-refractivity contribution in [3.05, 3.63) is 0 Å². The van der Waals surface area contributed by atoms with Gasteiger partial charge in [0.15, 0.2) is 62.2 Å². The minimum atomic E-state index is -6.39. The van der Waals surface area contributed by atoms with E-state index in [-0.39, 0.29) is 0 Å². The third kappa shape index (κ3) is 23.6. The Kier molecular flexibility index (Phi) is 28.3. The molecule has 4 unspecified atom stereocenters. The zero-order chi connectivity index (χ0) is 76.7. The summed E-state index contributed by atoms with van der Waals surface area (Å²) in [5, 5.41) is 123. The molecule has 0 saturated carbocycles. The average molecular weight is 1630 g/mol. The third-order valence-corrected chi connectivity index (χ3v) is 18.1. The van der Waals surface area contributed by atoms with E-state index < -0.39 is 300 Å². The fraction of sp³-hybridized carbons (Fsp3) is 0.897. The number of aliphatic hydroxyl groups excluding tert-OH is 8. The lowest BCUT2D eigenvalue weighted by atomic mass is 9.90. The number of aliphatic carboxylic acids is 3. The third-order valence-electron chi connectivity index (χ3n) is 14.7. The molecule has 6 fully saturated rings. The van der Waals surface area contributed by atoms with E-state index in [1.807, 2.05) is 5.32 Å². The van der Waals surface area contributed by atoms with Crippen molar-refractivity contribution < 1.29 is 239 Å². The van der Waals surface area contributed by atoms with E-state index in [2.05, 4.69) is 20.9 Å². The van der Waals surface area contributed by atoms with Crippen LogP contribution in [0.3, 0.4) is 0 Å². The summed E-state index contributed by atoms with van der Waals surface area (Å²) in [4.78, 5) is 50.8. The van der Waals surface area contributed by atoms with Crippen LogP contribution in [0, 0.1) is 5.92 Å².